The molecule has 1 saturated heterocycles. The van der Waals surface area contributed by atoms with E-state index in [1.54, 1.807) is 6.21 Å². The number of allylic oxidation sites excluding steroid dienone is 2. The fourth-order valence-corrected chi connectivity index (χ4v) is 4.24. The lowest BCUT2D eigenvalue weighted by atomic mass is 10.0. The van der Waals surface area contributed by atoms with Gasteiger partial charge >= 0.3 is 18.0 Å². The molecule has 2 amide bonds. The average Bonchev–Trinajstić information content (AvgIpc) is 3.47. The summed E-state index contributed by atoms with van der Waals surface area (Å²) in [6.07, 6.45) is 5.27. The number of rotatable bonds is 4. The molecule has 0 saturated carbocycles. The number of amides is 2. The Kier molecular flexibility index (Phi) is 5.77. The Morgan fingerprint density at radius 1 is 1.24 bits per heavy atom. The predicted octanol–water partition coefficient (Wildman–Crippen LogP) is 4.27. The van der Waals surface area contributed by atoms with E-state index < -0.39 is 17.8 Å². The normalized spacial score (nSPS) is 16.6. The molecule has 5 rings (SSSR count). The number of hydrogen-bond acceptors (Lipinski definition) is 5. The van der Waals surface area contributed by atoms with Crippen LogP contribution in [-0.2, 0) is 12.7 Å². The minimum atomic E-state index is -4.51. The highest BCUT2D eigenvalue weighted by molar-refractivity contribution is 7.16. The van der Waals surface area contributed by atoms with Gasteiger partial charge in [-0.15, -0.1) is 0 Å². The van der Waals surface area contributed by atoms with E-state index >= 15 is 0 Å². The van der Waals surface area contributed by atoms with Crippen LogP contribution >= 0.6 is 11.3 Å². The summed E-state index contributed by atoms with van der Waals surface area (Å²) in [5.74, 6) is 6.78. The lowest BCUT2D eigenvalue weighted by molar-refractivity contribution is -0.390. The number of anilines is 2. The Morgan fingerprint density at radius 3 is 2.85 bits per heavy atom. The molecule has 1 aromatic carbocycles. The Hall–Kier alpha value is -3.75. The highest BCUT2D eigenvalue weighted by Gasteiger charge is 2.34. The standard InChI is InChI=1S/C23H17F3N6OS/c24-23(25,26)19-11-16(5-4-15(19)14-31-8-2-9-31)29-21(33)30-22-28-13-18(34-22)7-6-17-12-27-20-3-1-10-32(17)20/h1,3-5,10-13H,2,8-9,14H2,(H,29,33)/p+1. The van der Waals surface area contributed by atoms with Crippen LogP contribution < -0.4 is 10.6 Å². The molecule has 0 radical (unpaired) electrons. The zero-order valence-corrected chi connectivity index (χ0v) is 18.5. The van der Waals surface area contributed by atoms with Gasteiger partial charge in [0, 0.05) is 18.3 Å². The van der Waals surface area contributed by atoms with Crippen LogP contribution in [0.15, 0.2) is 53.6 Å². The number of nitrogens with one attached hydrogen (secondary N) is 2. The first-order valence-electron chi connectivity index (χ1n) is 10.4. The number of thiazole rings is 1. The minimum Gasteiger partial charge on any atom is -0.308 e. The van der Waals surface area contributed by atoms with Crippen LogP contribution in [0.2, 0.25) is 0 Å². The molecule has 0 spiro atoms. The van der Waals surface area contributed by atoms with E-state index in [2.05, 4.69) is 32.5 Å². The summed E-state index contributed by atoms with van der Waals surface area (Å²) in [6, 6.07) is 3.15. The van der Waals surface area contributed by atoms with Gasteiger partial charge < -0.3 is 5.32 Å². The van der Waals surface area contributed by atoms with Gasteiger partial charge in [0.15, 0.2) is 11.3 Å². The van der Waals surface area contributed by atoms with Crippen LogP contribution in [0, 0.1) is 11.8 Å². The van der Waals surface area contributed by atoms with Crippen LogP contribution in [0.5, 0.6) is 0 Å². The van der Waals surface area contributed by atoms with Crippen molar-refractivity contribution in [2.75, 3.05) is 23.7 Å². The molecule has 172 valence electrons. The first kappa shape index (κ1) is 22.1. The number of aromatic nitrogens is 1. The predicted molar refractivity (Wildman–Crippen MR) is 124 cm³/mol. The molecular weight excluding hydrogens is 465 g/mol. The van der Waals surface area contributed by atoms with Crippen LogP contribution in [-0.4, -0.2) is 45.5 Å². The van der Waals surface area contributed by atoms with E-state index in [1.807, 2.05) is 27.8 Å². The molecule has 1 fully saturated rings. The van der Waals surface area contributed by atoms with Crippen molar-refractivity contribution in [3.63, 3.8) is 0 Å². The van der Waals surface area contributed by atoms with Crippen molar-refractivity contribution >= 4 is 40.1 Å². The zero-order valence-electron chi connectivity index (χ0n) is 17.7. The Morgan fingerprint density at radius 2 is 2.09 bits per heavy atom. The molecule has 2 aromatic rings. The molecule has 11 heteroatoms. The van der Waals surface area contributed by atoms with Crippen molar-refractivity contribution in [3.8, 4) is 11.8 Å². The molecule has 0 atom stereocenters. The molecule has 4 heterocycles. The number of fused-ring (bicyclic) bond motifs is 1. The van der Waals surface area contributed by atoms with E-state index in [9.17, 15) is 18.0 Å². The summed E-state index contributed by atoms with van der Waals surface area (Å²) in [5.41, 5.74) is 0.216. The van der Waals surface area contributed by atoms with Crippen molar-refractivity contribution in [1.82, 2.24) is 9.88 Å². The fourth-order valence-electron chi connectivity index (χ4n) is 3.57. The molecule has 0 aliphatic carbocycles. The smallest absolute Gasteiger partial charge is 0.308 e. The van der Waals surface area contributed by atoms with Gasteiger partial charge in [-0.05, 0) is 60.1 Å². The largest absolute Gasteiger partial charge is 0.416 e. The third-order valence-corrected chi connectivity index (χ3v) is 6.19. The molecule has 3 aliphatic rings. The number of benzene rings is 1. The quantitative estimate of drug-likeness (QED) is 0.504. The number of nitrogens with zero attached hydrogens (tertiary/aromatic N) is 4. The summed E-state index contributed by atoms with van der Waals surface area (Å²) in [5, 5.41) is 5.26. The van der Waals surface area contributed by atoms with Crippen molar-refractivity contribution < 1.29 is 22.5 Å². The Balaban J connectivity index is 1.24. The van der Waals surface area contributed by atoms with Gasteiger partial charge in [-0.2, -0.15) is 17.7 Å². The lowest BCUT2D eigenvalue weighted by Crippen LogP contribution is -2.36. The van der Waals surface area contributed by atoms with Gasteiger partial charge in [0.2, 0.25) is 5.71 Å². The number of carbonyl (C=O) groups excluding carboxylic acids is 1. The molecule has 34 heavy (non-hydrogen) atoms. The molecule has 0 bridgehead atoms. The van der Waals surface area contributed by atoms with Crippen molar-refractivity contribution in [2.24, 2.45) is 4.99 Å². The second-order valence-corrected chi connectivity index (χ2v) is 8.77. The first-order chi connectivity index (χ1) is 16.3. The van der Waals surface area contributed by atoms with Gasteiger partial charge in [-0.25, -0.2) is 9.78 Å². The molecule has 7 nitrogen and oxygen atoms in total. The summed E-state index contributed by atoms with van der Waals surface area (Å²) < 4.78 is 42.5. The number of likely N-dealkylation sites (tertiary alicyclic amines) is 1. The maximum Gasteiger partial charge on any atom is 0.416 e. The second-order valence-electron chi connectivity index (χ2n) is 7.74. The van der Waals surface area contributed by atoms with Crippen LogP contribution in [0.3, 0.4) is 0 Å². The van der Waals surface area contributed by atoms with Crippen LogP contribution in [0.25, 0.3) is 0 Å². The highest BCUT2D eigenvalue weighted by atomic mass is 32.1. The van der Waals surface area contributed by atoms with E-state index in [-0.39, 0.29) is 22.9 Å². The maximum atomic E-state index is 13.6. The van der Waals surface area contributed by atoms with Crippen LogP contribution in [0.4, 0.5) is 28.8 Å². The van der Waals surface area contributed by atoms with Gasteiger partial charge in [0.1, 0.15) is 0 Å². The number of carbonyl (C=O) groups is 1. The van der Waals surface area contributed by atoms with E-state index in [4.69, 9.17) is 0 Å². The summed E-state index contributed by atoms with van der Waals surface area (Å²) in [4.78, 5) is 23.2. The molecule has 3 aliphatic heterocycles. The number of urea groups is 1. The van der Waals surface area contributed by atoms with Crippen molar-refractivity contribution in [3.05, 3.63) is 64.6 Å². The highest BCUT2D eigenvalue weighted by Crippen LogP contribution is 2.35. The first-order valence-corrected chi connectivity index (χ1v) is 11.2. The summed E-state index contributed by atoms with van der Waals surface area (Å²) in [7, 11) is 0. The zero-order chi connectivity index (χ0) is 23.7. The van der Waals surface area contributed by atoms with E-state index in [1.165, 1.54) is 18.3 Å². The van der Waals surface area contributed by atoms with Gasteiger partial charge in [-0.1, -0.05) is 17.4 Å². The molecule has 2 N–H and O–H groups in total. The van der Waals surface area contributed by atoms with Gasteiger partial charge in [-0.3, -0.25) is 10.2 Å². The Bertz CT molecular complexity index is 1340. The monoisotopic (exact) mass is 483 g/mol. The SMILES string of the molecule is O=C(Nc1ccc(CN2CCC2)c(C(F)(F)F)c1)Nc1ncc(C#CC2=[N+]3C=CC=C3N=C2)s1. The molecular formula is C23H18F3N6OS+. The third-order valence-electron chi connectivity index (χ3n) is 5.36. The number of hydrogen-bond donors (Lipinski definition) is 2. The van der Waals surface area contributed by atoms with Gasteiger partial charge in [0.05, 0.1) is 22.8 Å². The fraction of sp³-hybridized carbons (Fsp3) is 0.217. The third kappa shape index (κ3) is 4.78. The lowest BCUT2D eigenvalue weighted by Gasteiger charge is -2.31. The summed E-state index contributed by atoms with van der Waals surface area (Å²) in [6.45, 7) is 1.82. The van der Waals surface area contributed by atoms with Crippen molar-refractivity contribution in [2.45, 2.75) is 19.1 Å². The van der Waals surface area contributed by atoms with E-state index in [0.29, 0.717) is 4.88 Å². The summed E-state index contributed by atoms with van der Waals surface area (Å²) >= 11 is 1.15. The number of aliphatic imine (C=N–C) groups is 1. The molecule has 1 aromatic heterocycles. The number of alkyl halides is 3. The Labute approximate surface area is 197 Å². The van der Waals surface area contributed by atoms with Crippen LogP contribution in [0.1, 0.15) is 22.4 Å². The molecule has 0 unspecified atom stereocenters. The van der Waals surface area contributed by atoms with Crippen molar-refractivity contribution in [1.29, 1.82) is 0 Å². The second kappa shape index (κ2) is 8.89. The average molecular weight is 483 g/mol. The van der Waals surface area contributed by atoms with E-state index in [0.717, 1.165) is 48.4 Å². The number of halogens is 3. The topological polar surface area (TPSA) is 72.6 Å². The maximum absolute atomic E-state index is 13.6. The van der Waals surface area contributed by atoms with Gasteiger partial charge in [0.25, 0.3) is 0 Å². The minimum absolute atomic E-state index is 0.0493.